The molecule has 0 aliphatic heterocycles. The molecular formula is C9H7NO5. The topological polar surface area (TPSA) is 78.7 Å². The van der Waals surface area contributed by atoms with Gasteiger partial charge in [0, 0.05) is 6.08 Å². The van der Waals surface area contributed by atoms with E-state index < -0.39 is 11.1 Å². The zero-order chi connectivity index (χ0) is 11.3. The van der Waals surface area contributed by atoms with Crippen LogP contribution >= 0.6 is 0 Å². The maximum absolute atomic E-state index is 10.9. The smallest absolute Gasteiger partial charge is 0.335 e. The maximum atomic E-state index is 10.9. The zero-order valence-corrected chi connectivity index (χ0v) is 7.58. The van der Waals surface area contributed by atoms with Gasteiger partial charge in [0.1, 0.15) is 0 Å². The lowest BCUT2D eigenvalue weighted by Gasteiger charge is -2.05. The van der Waals surface area contributed by atoms with Crippen LogP contribution in [0.2, 0.25) is 0 Å². The summed E-state index contributed by atoms with van der Waals surface area (Å²) in [5.41, 5.74) is 0. The van der Waals surface area contributed by atoms with Crippen LogP contribution in [0.15, 0.2) is 36.9 Å². The Morgan fingerprint density at radius 3 is 2.53 bits per heavy atom. The van der Waals surface area contributed by atoms with Crippen LogP contribution in [0.25, 0.3) is 0 Å². The van der Waals surface area contributed by atoms with Gasteiger partial charge < -0.3 is 4.74 Å². The molecule has 1 aromatic rings. The van der Waals surface area contributed by atoms with Crippen LogP contribution in [-0.2, 0) is 4.79 Å². The third kappa shape index (κ3) is 3.11. The van der Waals surface area contributed by atoms with Crippen molar-refractivity contribution >= 4 is 5.97 Å². The lowest BCUT2D eigenvalue weighted by Crippen LogP contribution is -2.08. The number of ether oxygens (including phenoxy) is 1. The van der Waals surface area contributed by atoms with Crippen molar-refractivity contribution in [2.45, 2.75) is 0 Å². The summed E-state index contributed by atoms with van der Waals surface area (Å²) in [6.45, 7) is 3.20. The normalized spacial score (nSPS) is 9.07. The predicted octanol–water partition coefficient (Wildman–Crippen LogP) is 1.35. The molecule has 0 saturated heterocycles. The molecule has 1 rings (SSSR count). The van der Waals surface area contributed by atoms with Crippen molar-refractivity contribution in [3.63, 3.8) is 0 Å². The predicted molar refractivity (Wildman–Crippen MR) is 49.9 cm³/mol. The molecule has 0 unspecified atom stereocenters. The minimum Gasteiger partial charge on any atom is -0.421 e. The van der Waals surface area contributed by atoms with Crippen LogP contribution < -0.4 is 9.57 Å². The quantitative estimate of drug-likeness (QED) is 0.246. The van der Waals surface area contributed by atoms with Crippen LogP contribution in [0.3, 0.4) is 0 Å². The van der Waals surface area contributed by atoms with Gasteiger partial charge in [-0.05, 0) is 12.1 Å². The minimum atomic E-state index is -0.986. The van der Waals surface area contributed by atoms with Gasteiger partial charge in [-0.15, -0.1) is 10.1 Å². The van der Waals surface area contributed by atoms with Crippen LogP contribution in [0.5, 0.6) is 11.5 Å². The summed E-state index contributed by atoms with van der Waals surface area (Å²) in [4.78, 5) is 25.2. The summed E-state index contributed by atoms with van der Waals surface area (Å²) < 4.78 is 4.71. The van der Waals surface area contributed by atoms with Crippen LogP contribution in [0.1, 0.15) is 0 Å². The van der Waals surface area contributed by atoms with Crippen molar-refractivity contribution in [2.75, 3.05) is 0 Å². The Morgan fingerprint density at radius 2 is 2.00 bits per heavy atom. The number of benzene rings is 1. The fourth-order valence-corrected chi connectivity index (χ4v) is 0.840. The second-order valence-corrected chi connectivity index (χ2v) is 2.39. The zero-order valence-electron chi connectivity index (χ0n) is 7.58. The monoisotopic (exact) mass is 209 g/mol. The second kappa shape index (κ2) is 4.75. The van der Waals surface area contributed by atoms with E-state index in [-0.39, 0.29) is 11.5 Å². The lowest BCUT2D eigenvalue weighted by molar-refractivity contribution is -0.711. The van der Waals surface area contributed by atoms with Gasteiger partial charge in [-0.25, -0.2) is 4.79 Å². The van der Waals surface area contributed by atoms with Gasteiger partial charge in [-0.3, -0.25) is 4.84 Å². The second-order valence-electron chi connectivity index (χ2n) is 2.39. The van der Waals surface area contributed by atoms with E-state index in [0.29, 0.717) is 0 Å². The molecule has 0 N–H and O–H groups in total. The van der Waals surface area contributed by atoms with E-state index in [1.54, 1.807) is 6.07 Å². The van der Waals surface area contributed by atoms with E-state index in [2.05, 4.69) is 11.4 Å². The first-order valence-corrected chi connectivity index (χ1v) is 3.89. The molecule has 1 aromatic carbocycles. The summed E-state index contributed by atoms with van der Waals surface area (Å²) in [7, 11) is 0. The molecule has 15 heavy (non-hydrogen) atoms. The Balaban J connectivity index is 2.90. The van der Waals surface area contributed by atoms with Gasteiger partial charge in [0.25, 0.3) is 5.09 Å². The number of carbonyl (C=O) groups excluding carboxylic acids is 1. The van der Waals surface area contributed by atoms with E-state index in [9.17, 15) is 14.9 Å². The highest BCUT2D eigenvalue weighted by atomic mass is 17.0. The Labute approximate surface area is 84.8 Å². The number of para-hydroxylation sites is 2. The summed E-state index contributed by atoms with van der Waals surface area (Å²) >= 11 is 0. The van der Waals surface area contributed by atoms with E-state index in [1.165, 1.54) is 18.2 Å². The third-order valence-corrected chi connectivity index (χ3v) is 1.40. The number of hydrogen-bond acceptors (Lipinski definition) is 5. The van der Waals surface area contributed by atoms with Gasteiger partial charge in [0.05, 0.1) is 0 Å². The van der Waals surface area contributed by atoms with Crippen LogP contribution in [0, 0.1) is 10.1 Å². The van der Waals surface area contributed by atoms with E-state index in [0.717, 1.165) is 6.08 Å². The molecule has 0 fully saturated rings. The fraction of sp³-hybridized carbons (Fsp3) is 0. The standard InChI is InChI=1S/C9H7NO5/c1-2-9(11)14-7-5-3-4-6-8(7)15-10(12)13/h2-6H,1H2. The molecule has 0 radical (unpaired) electrons. The molecule has 0 bridgehead atoms. The van der Waals surface area contributed by atoms with Gasteiger partial charge in [0.15, 0.2) is 11.5 Å². The Bertz CT molecular complexity index is 401. The van der Waals surface area contributed by atoms with Crippen molar-refractivity contribution in [2.24, 2.45) is 0 Å². The SMILES string of the molecule is C=CC(=O)Oc1ccccc1O[N+](=O)[O-]. The molecular weight excluding hydrogens is 202 g/mol. The molecule has 0 atom stereocenters. The molecule has 6 heteroatoms. The Kier molecular flexibility index (Phi) is 3.39. The number of rotatable bonds is 4. The summed E-state index contributed by atoms with van der Waals surface area (Å²) in [5.74, 6) is -0.883. The number of hydrogen-bond donors (Lipinski definition) is 0. The number of carbonyl (C=O) groups is 1. The van der Waals surface area contributed by atoms with E-state index >= 15 is 0 Å². The maximum Gasteiger partial charge on any atom is 0.335 e. The molecule has 0 spiro atoms. The molecule has 0 aliphatic rings. The summed E-state index contributed by atoms with van der Waals surface area (Å²) in [6, 6.07) is 5.76. The van der Waals surface area contributed by atoms with Crippen molar-refractivity contribution in [1.29, 1.82) is 0 Å². The highest BCUT2D eigenvalue weighted by Crippen LogP contribution is 2.26. The van der Waals surface area contributed by atoms with Crippen molar-refractivity contribution < 1.29 is 19.5 Å². The molecule has 0 aliphatic carbocycles. The average Bonchev–Trinajstić information content (AvgIpc) is 2.20. The first-order valence-electron chi connectivity index (χ1n) is 3.89. The summed E-state index contributed by atoms with van der Waals surface area (Å²) in [6.07, 6.45) is 0.947. The largest absolute Gasteiger partial charge is 0.421 e. The summed E-state index contributed by atoms with van der Waals surface area (Å²) in [5, 5.41) is 9.11. The number of nitrogens with zero attached hydrogens (tertiary/aromatic N) is 1. The van der Waals surface area contributed by atoms with E-state index in [4.69, 9.17) is 4.74 Å². The van der Waals surface area contributed by atoms with Gasteiger partial charge in [-0.1, -0.05) is 18.7 Å². The average molecular weight is 209 g/mol. The molecule has 0 amide bonds. The van der Waals surface area contributed by atoms with Gasteiger partial charge in [-0.2, -0.15) is 0 Å². The van der Waals surface area contributed by atoms with Crippen molar-refractivity contribution in [3.8, 4) is 11.5 Å². The molecule has 78 valence electrons. The Morgan fingerprint density at radius 1 is 1.40 bits per heavy atom. The third-order valence-electron chi connectivity index (χ3n) is 1.40. The van der Waals surface area contributed by atoms with Crippen molar-refractivity contribution in [3.05, 3.63) is 47.0 Å². The number of esters is 1. The highest BCUT2D eigenvalue weighted by molar-refractivity contribution is 5.83. The molecule has 6 nitrogen and oxygen atoms in total. The fourth-order valence-electron chi connectivity index (χ4n) is 0.840. The lowest BCUT2D eigenvalue weighted by atomic mass is 10.3. The first-order chi connectivity index (χ1) is 7.13. The minimum absolute atomic E-state index is 0.0286. The Hall–Kier alpha value is -2.37. The van der Waals surface area contributed by atoms with Crippen LogP contribution in [-0.4, -0.2) is 11.1 Å². The molecule has 0 saturated carbocycles. The van der Waals surface area contributed by atoms with Crippen LogP contribution in [0.4, 0.5) is 0 Å². The first kappa shape index (κ1) is 10.7. The van der Waals surface area contributed by atoms with E-state index in [1.807, 2.05) is 0 Å². The molecule has 0 aromatic heterocycles. The highest BCUT2D eigenvalue weighted by Gasteiger charge is 2.09. The van der Waals surface area contributed by atoms with Gasteiger partial charge in [0.2, 0.25) is 0 Å². The van der Waals surface area contributed by atoms with Gasteiger partial charge >= 0.3 is 5.97 Å². The molecule has 0 heterocycles. The van der Waals surface area contributed by atoms with Crippen molar-refractivity contribution in [1.82, 2.24) is 0 Å².